The van der Waals surface area contributed by atoms with Gasteiger partial charge in [0.2, 0.25) is 10.0 Å². The van der Waals surface area contributed by atoms with E-state index in [1.807, 2.05) is 12.1 Å². The molecule has 1 aliphatic rings. The number of amides is 1. The maximum absolute atomic E-state index is 12.6. The van der Waals surface area contributed by atoms with Crippen LogP contribution in [-0.4, -0.2) is 31.7 Å². The normalized spacial score (nSPS) is 15.6. The fourth-order valence-corrected chi connectivity index (χ4v) is 4.56. The Bertz CT molecular complexity index is 859. The van der Waals surface area contributed by atoms with Crippen molar-refractivity contribution in [1.29, 1.82) is 0 Å². The van der Waals surface area contributed by atoms with E-state index in [9.17, 15) is 13.2 Å². The molecular formula is C19H21ClN2O3S. The highest BCUT2D eigenvalue weighted by atomic mass is 35.5. The first-order valence-electron chi connectivity index (χ1n) is 8.60. The third-order valence-corrected chi connectivity index (χ3v) is 6.60. The smallest absolute Gasteiger partial charge is 0.251 e. The van der Waals surface area contributed by atoms with Gasteiger partial charge in [-0.15, -0.1) is 0 Å². The zero-order valence-electron chi connectivity index (χ0n) is 14.3. The Morgan fingerprint density at radius 1 is 0.962 bits per heavy atom. The molecule has 1 N–H and O–H groups in total. The van der Waals surface area contributed by atoms with E-state index in [1.165, 1.54) is 16.4 Å². The van der Waals surface area contributed by atoms with Gasteiger partial charge in [-0.3, -0.25) is 4.79 Å². The molecule has 0 aromatic heterocycles. The van der Waals surface area contributed by atoms with Gasteiger partial charge < -0.3 is 5.32 Å². The summed E-state index contributed by atoms with van der Waals surface area (Å²) in [4.78, 5) is 12.5. The Hall–Kier alpha value is -1.89. The molecule has 26 heavy (non-hydrogen) atoms. The van der Waals surface area contributed by atoms with Crippen LogP contribution < -0.4 is 5.32 Å². The molecule has 5 nitrogen and oxygen atoms in total. The molecule has 1 heterocycles. The van der Waals surface area contributed by atoms with E-state index in [4.69, 9.17) is 11.6 Å². The van der Waals surface area contributed by atoms with Gasteiger partial charge in [0, 0.05) is 30.2 Å². The monoisotopic (exact) mass is 392 g/mol. The molecule has 2 aromatic carbocycles. The number of benzene rings is 2. The Morgan fingerprint density at radius 3 is 2.19 bits per heavy atom. The summed E-state index contributed by atoms with van der Waals surface area (Å²) in [5, 5.41) is 3.46. The molecule has 0 radical (unpaired) electrons. The number of nitrogens with one attached hydrogen (secondary N) is 1. The van der Waals surface area contributed by atoms with Crippen molar-refractivity contribution in [3.63, 3.8) is 0 Å². The van der Waals surface area contributed by atoms with E-state index in [0.29, 0.717) is 30.2 Å². The molecule has 1 amide bonds. The lowest BCUT2D eigenvalue weighted by Crippen LogP contribution is -2.35. The van der Waals surface area contributed by atoms with Crippen LogP contribution in [0.2, 0.25) is 5.02 Å². The van der Waals surface area contributed by atoms with E-state index in [-0.39, 0.29) is 10.8 Å². The van der Waals surface area contributed by atoms with E-state index >= 15 is 0 Å². The molecule has 1 saturated heterocycles. The molecule has 2 aromatic rings. The van der Waals surface area contributed by atoms with Gasteiger partial charge in [0.1, 0.15) is 0 Å². The number of sulfonamides is 1. The molecule has 0 aliphatic carbocycles. The summed E-state index contributed by atoms with van der Waals surface area (Å²) in [7, 11) is -3.47. The fourth-order valence-electron chi connectivity index (χ4n) is 2.92. The molecule has 0 atom stereocenters. The van der Waals surface area contributed by atoms with Crippen LogP contribution in [-0.2, 0) is 16.6 Å². The first-order valence-corrected chi connectivity index (χ1v) is 10.4. The van der Waals surface area contributed by atoms with E-state index in [0.717, 1.165) is 24.8 Å². The molecule has 7 heteroatoms. The van der Waals surface area contributed by atoms with Gasteiger partial charge in [-0.2, -0.15) is 4.31 Å². The Kier molecular flexibility index (Phi) is 5.96. The van der Waals surface area contributed by atoms with Crippen molar-refractivity contribution in [3.8, 4) is 0 Å². The summed E-state index contributed by atoms with van der Waals surface area (Å²) in [5.41, 5.74) is 1.36. The summed E-state index contributed by atoms with van der Waals surface area (Å²) in [5.74, 6) is -0.248. The van der Waals surface area contributed by atoms with Crippen molar-refractivity contribution in [1.82, 2.24) is 9.62 Å². The minimum atomic E-state index is -3.47. The number of hydrogen-bond donors (Lipinski definition) is 1. The predicted molar refractivity (Wildman–Crippen MR) is 102 cm³/mol. The summed E-state index contributed by atoms with van der Waals surface area (Å²) < 4.78 is 26.8. The zero-order valence-corrected chi connectivity index (χ0v) is 15.9. The van der Waals surface area contributed by atoms with Crippen LogP contribution in [0, 0.1) is 0 Å². The maximum Gasteiger partial charge on any atom is 0.251 e. The van der Waals surface area contributed by atoms with Gasteiger partial charge in [-0.25, -0.2) is 8.42 Å². The largest absolute Gasteiger partial charge is 0.348 e. The second-order valence-corrected chi connectivity index (χ2v) is 8.67. The van der Waals surface area contributed by atoms with Crippen LogP contribution in [0.3, 0.4) is 0 Å². The second kappa shape index (κ2) is 8.20. The van der Waals surface area contributed by atoms with Gasteiger partial charge in [0.15, 0.2) is 0 Å². The standard InChI is InChI=1S/C19H21ClN2O3S/c20-17-8-4-15(5-9-17)14-21-19(23)16-6-10-18(11-7-16)26(24,25)22-12-2-1-3-13-22/h4-11H,1-3,12-14H2,(H,21,23). The van der Waals surface area contributed by atoms with Crippen LogP contribution in [0.5, 0.6) is 0 Å². The van der Waals surface area contributed by atoms with Crippen molar-refractivity contribution in [2.75, 3.05) is 13.1 Å². The maximum atomic E-state index is 12.6. The van der Waals surface area contributed by atoms with Crippen molar-refractivity contribution in [2.24, 2.45) is 0 Å². The van der Waals surface area contributed by atoms with Crippen LogP contribution in [0.25, 0.3) is 0 Å². The molecule has 1 fully saturated rings. The molecule has 0 bridgehead atoms. The van der Waals surface area contributed by atoms with Crippen molar-refractivity contribution in [2.45, 2.75) is 30.7 Å². The van der Waals surface area contributed by atoms with Gasteiger partial charge in [0.05, 0.1) is 4.90 Å². The zero-order chi connectivity index (χ0) is 18.6. The fraction of sp³-hybridized carbons (Fsp3) is 0.316. The highest BCUT2D eigenvalue weighted by Crippen LogP contribution is 2.21. The van der Waals surface area contributed by atoms with Crippen LogP contribution in [0.15, 0.2) is 53.4 Å². The number of piperidine rings is 1. The van der Waals surface area contributed by atoms with Gasteiger partial charge in [0.25, 0.3) is 5.91 Å². The van der Waals surface area contributed by atoms with Crippen molar-refractivity contribution < 1.29 is 13.2 Å². The SMILES string of the molecule is O=C(NCc1ccc(Cl)cc1)c1ccc(S(=O)(=O)N2CCCCC2)cc1. The lowest BCUT2D eigenvalue weighted by atomic mass is 10.2. The molecule has 3 rings (SSSR count). The van der Waals surface area contributed by atoms with Crippen LogP contribution >= 0.6 is 11.6 Å². The lowest BCUT2D eigenvalue weighted by molar-refractivity contribution is 0.0951. The van der Waals surface area contributed by atoms with Gasteiger partial charge >= 0.3 is 0 Å². The Labute approximate surface area is 159 Å². The minimum absolute atomic E-state index is 0.230. The van der Waals surface area contributed by atoms with Gasteiger partial charge in [-0.1, -0.05) is 30.2 Å². The molecule has 138 valence electrons. The lowest BCUT2D eigenvalue weighted by Gasteiger charge is -2.25. The Morgan fingerprint density at radius 2 is 1.58 bits per heavy atom. The topological polar surface area (TPSA) is 66.5 Å². The van der Waals surface area contributed by atoms with Gasteiger partial charge in [-0.05, 0) is 54.8 Å². The average molecular weight is 393 g/mol. The number of hydrogen-bond acceptors (Lipinski definition) is 3. The molecule has 0 saturated carbocycles. The van der Waals surface area contributed by atoms with Crippen LogP contribution in [0.4, 0.5) is 0 Å². The first kappa shape index (κ1) is 18.9. The minimum Gasteiger partial charge on any atom is -0.348 e. The highest BCUT2D eigenvalue weighted by molar-refractivity contribution is 7.89. The molecule has 0 spiro atoms. The molecular weight excluding hydrogens is 372 g/mol. The number of carbonyl (C=O) groups is 1. The molecule has 0 unspecified atom stereocenters. The Balaban J connectivity index is 1.64. The summed E-state index contributed by atoms with van der Waals surface area (Å²) in [6.45, 7) is 1.50. The number of nitrogens with zero attached hydrogens (tertiary/aromatic N) is 1. The predicted octanol–water partition coefficient (Wildman–Crippen LogP) is 3.44. The highest BCUT2D eigenvalue weighted by Gasteiger charge is 2.25. The average Bonchev–Trinajstić information content (AvgIpc) is 2.68. The summed E-state index contributed by atoms with van der Waals surface area (Å²) in [6.07, 6.45) is 2.85. The third kappa shape index (κ3) is 4.44. The summed E-state index contributed by atoms with van der Waals surface area (Å²) in [6, 6.07) is 13.3. The van der Waals surface area contributed by atoms with E-state index < -0.39 is 10.0 Å². The summed E-state index contributed by atoms with van der Waals surface area (Å²) >= 11 is 5.84. The first-order chi connectivity index (χ1) is 12.5. The van der Waals surface area contributed by atoms with Crippen molar-refractivity contribution >= 4 is 27.5 Å². The molecule has 1 aliphatic heterocycles. The number of rotatable bonds is 5. The van der Waals surface area contributed by atoms with E-state index in [2.05, 4.69) is 5.32 Å². The number of carbonyl (C=O) groups excluding carboxylic acids is 1. The second-order valence-electron chi connectivity index (χ2n) is 6.30. The van der Waals surface area contributed by atoms with E-state index in [1.54, 1.807) is 24.3 Å². The number of halogens is 1. The van der Waals surface area contributed by atoms with Crippen LogP contribution in [0.1, 0.15) is 35.2 Å². The quantitative estimate of drug-likeness (QED) is 0.847. The third-order valence-electron chi connectivity index (χ3n) is 4.44. The van der Waals surface area contributed by atoms with Crippen molar-refractivity contribution in [3.05, 3.63) is 64.7 Å².